The van der Waals surface area contributed by atoms with E-state index in [-0.39, 0.29) is 23.5 Å². The van der Waals surface area contributed by atoms with Gasteiger partial charge in [0, 0.05) is 37.0 Å². The van der Waals surface area contributed by atoms with Crippen molar-refractivity contribution < 1.29 is 19.1 Å². The van der Waals surface area contributed by atoms with Crippen LogP contribution in [0.1, 0.15) is 46.5 Å². The molecule has 9 nitrogen and oxygen atoms in total. The third kappa shape index (κ3) is 5.28. The van der Waals surface area contributed by atoms with Gasteiger partial charge in [-0.3, -0.25) is 14.2 Å². The number of benzene rings is 1. The van der Waals surface area contributed by atoms with Crippen LogP contribution in [-0.4, -0.2) is 75.0 Å². The first-order valence-corrected chi connectivity index (χ1v) is 12.9. The van der Waals surface area contributed by atoms with Crippen molar-refractivity contribution in [3.63, 3.8) is 0 Å². The van der Waals surface area contributed by atoms with Gasteiger partial charge in [0.15, 0.2) is 16.8 Å². The van der Waals surface area contributed by atoms with E-state index in [0.29, 0.717) is 23.0 Å². The van der Waals surface area contributed by atoms with Gasteiger partial charge >= 0.3 is 0 Å². The molecule has 0 radical (unpaired) electrons. The number of ketones is 1. The van der Waals surface area contributed by atoms with E-state index in [2.05, 4.69) is 15.2 Å². The third-order valence-corrected chi connectivity index (χ3v) is 7.40. The molecule has 4 heterocycles. The number of nitrogens with one attached hydrogen (secondary N) is 1. The Bertz CT molecular complexity index is 1180. The van der Waals surface area contributed by atoms with Gasteiger partial charge in [-0.15, -0.1) is 10.2 Å². The van der Waals surface area contributed by atoms with Crippen molar-refractivity contribution in [1.29, 1.82) is 0 Å². The molecule has 0 saturated carbocycles. The molecule has 2 fully saturated rings. The average Bonchev–Trinajstić information content (AvgIpc) is 3.70. The highest BCUT2D eigenvalue weighted by Gasteiger charge is 2.24. The summed E-state index contributed by atoms with van der Waals surface area (Å²) in [6, 6.07) is 9.34. The summed E-state index contributed by atoms with van der Waals surface area (Å²) in [4.78, 5) is 30.3. The lowest BCUT2D eigenvalue weighted by Gasteiger charge is -2.14. The number of rotatable bonds is 9. The smallest absolute Gasteiger partial charge is 0.270 e. The largest absolute Gasteiger partial charge is 0.497 e. The summed E-state index contributed by atoms with van der Waals surface area (Å²) in [7, 11) is 1.64. The van der Waals surface area contributed by atoms with Gasteiger partial charge in [0.1, 0.15) is 11.4 Å². The Morgan fingerprint density at radius 1 is 1.17 bits per heavy atom. The lowest BCUT2D eigenvalue weighted by atomic mass is 10.2. The molecular weight excluding hydrogens is 466 g/mol. The Hall–Kier alpha value is -3.11. The topological polar surface area (TPSA) is 102 Å². The zero-order valence-corrected chi connectivity index (χ0v) is 20.6. The second-order valence-corrected chi connectivity index (χ2v) is 9.74. The van der Waals surface area contributed by atoms with Gasteiger partial charge in [-0.2, -0.15) is 0 Å². The Balaban J connectivity index is 1.30. The van der Waals surface area contributed by atoms with Crippen molar-refractivity contribution in [3.05, 3.63) is 47.8 Å². The first-order valence-electron chi connectivity index (χ1n) is 12.0. The number of hydrogen-bond acceptors (Lipinski definition) is 7. The molecule has 2 saturated heterocycles. The van der Waals surface area contributed by atoms with Gasteiger partial charge in [-0.05, 0) is 56.0 Å². The number of nitrogens with zero attached hydrogens (tertiary/aromatic N) is 4. The first-order chi connectivity index (χ1) is 17.1. The van der Waals surface area contributed by atoms with Crippen molar-refractivity contribution in [2.24, 2.45) is 0 Å². The normalized spacial score (nSPS) is 17.7. The number of carbonyl (C=O) groups is 2. The maximum absolute atomic E-state index is 12.9. The molecule has 2 aromatic heterocycles. The molecule has 1 amide bonds. The Labute approximate surface area is 208 Å². The monoisotopic (exact) mass is 495 g/mol. The fourth-order valence-electron chi connectivity index (χ4n) is 4.49. The number of ether oxygens (including phenoxy) is 2. The number of H-pyrrole nitrogens is 1. The summed E-state index contributed by atoms with van der Waals surface area (Å²) in [5.74, 6) is 1.59. The molecule has 1 unspecified atom stereocenters. The summed E-state index contributed by atoms with van der Waals surface area (Å²) >= 11 is 1.35. The molecule has 2 aliphatic heterocycles. The molecule has 3 aromatic rings. The maximum Gasteiger partial charge on any atom is 0.270 e. The van der Waals surface area contributed by atoms with Crippen LogP contribution < -0.4 is 4.74 Å². The van der Waals surface area contributed by atoms with Crippen LogP contribution >= 0.6 is 11.8 Å². The number of aromatic nitrogens is 4. The lowest BCUT2D eigenvalue weighted by Crippen LogP contribution is -2.27. The minimum Gasteiger partial charge on any atom is -0.497 e. The van der Waals surface area contributed by atoms with E-state index in [9.17, 15) is 9.59 Å². The van der Waals surface area contributed by atoms with Crippen molar-refractivity contribution in [2.45, 2.75) is 43.5 Å². The lowest BCUT2D eigenvalue weighted by molar-refractivity contribution is 0.0787. The number of hydrogen-bond donors (Lipinski definition) is 1. The first kappa shape index (κ1) is 23.6. The molecule has 184 valence electrons. The number of likely N-dealkylation sites (tertiary alicyclic amines) is 1. The molecule has 0 bridgehead atoms. The van der Waals surface area contributed by atoms with Crippen LogP contribution in [0.15, 0.2) is 41.7 Å². The van der Waals surface area contributed by atoms with Gasteiger partial charge in [0.05, 0.1) is 25.5 Å². The SMILES string of the molecule is COc1ccc(-c2nnc(SCC(=O)c3c[nH]c(C(=O)N4CCCC4)c3)n2CC2CCCO2)cc1. The molecule has 0 spiro atoms. The predicted molar refractivity (Wildman–Crippen MR) is 132 cm³/mol. The van der Waals surface area contributed by atoms with Gasteiger partial charge in [-0.25, -0.2) is 0 Å². The van der Waals surface area contributed by atoms with Crippen LogP contribution in [0.5, 0.6) is 5.75 Å². The summed E-state index contributed by atoms with van der Waals surface area (Å²) in [5, 5.41) is 9.50. The van der Waals surface area contributed by atoms with Crippen molar-refractivity contribution in [1.82, 2.24) is 24.6 Å². The quantitative estimate of drug-likeness (QED) is 0.357. The highest BCUT2D eigenvalue weighted by molar-refractivity contribution is 7.99. The van der Waals surface area contributed by atoms with E-state index in [1.807, 2.05) is 33.7 Å². The highest BCUT2D eigenvalue weighted by atomic mass is 32.2. The second-order valence-electron chi connectivity index (χ2n) is 8.79. The minimum absolute atomic E-state index is 0.0466. The molecule has 10 heteroatoms. The molecule has 2 aliphatic rings. The van der Waals surface area contributed by atoms with Crippen LogP contribution in [-0.2, 0) is 11.3 Å². The standard InChI is InChI=1S/C25H29N5O4S/c1-33-19-8-6-17(7-9-19)23-27-28-25(30(23)15-20-5-4-12-34-20)35-16-22(31)18-13-21(26-14-18)24(32)29-10-2-3-11-29/h6-9,13-14,20,26H,2-5,10-12,15-16H2,1H3. The fraction of sp³-hybridized carbons (Fsp3) is 0.440. The molecule has 0 aliphatic carbocycles. The van der Waals surface area contributed by atoms with Crippen LogP contribution in [0.4, 0.5) is 0 Å². The second kappa shape index (κ2) is 10.7. The summed E-state index contributed by atoms with van der Waals surface area (Å²) < 4.78 is 13.2. The van der Waals surface area contributed by atoms with Crippen LogP contribution in [0, 0.1) is 0 Å². The minimum atomic E-state index is -0.0654. The van der Waals surface area contributed by atoms with E-state index < -0.39 is 0 Å². The Kier molecular flexibility index (Phi) is 7.19. The third-order valence-electron chi connectivity index (χ3n) is 6.44. The number of Topliss-reactive ketones (excluding diaryl/α,β-unsaturated/α-hetero) is 1. The number of thioether (sulfide) groups is 1. The van der Waals surface area contributed by atoms with Gasteiger partial charge in [-0.1, -0.05) is 11.8 Å². The summed E-state index contributed by atoms with van der Waals surface area (Å²) in [6.07, 6.45) is 5.80. The van der Waals surface area contributed by atoms with E-state index >= 15 is 0 Å². The van der Waals surface area contributed by atoms with Gasteiger partial charge in [0.2, 0.25) is 0 Å². The maximum atomic E-state index is 12.9. The van der Waals surface area contributed by atoms with Crippen molar-refractivity contribution >= 4 is 23.5 Å². The summed E-state index contributed by atoms with van der Waals surface area (Å²) in [5.41, 5.74) is 1.88. The fourth-order valence-corrected chi connectivity index (χ4v) is 5.33. The van der Waals surface area contributed by atoms with Crippen LogP contribution in [0.2, 0.25) is 0 Å². The van der Waals surface area contributed by atoms with Gasteiger partial charge < -0.3 is 19.4 Å². The molecule has 5 rings (SSSR count). The van der Waals surface area contributed by atoms with Crippen molar-refractivity contribution in [3.8, 4) is 17.1 Å². The average molecular weight is 496 g/mol. The van der Waals surface area contributed by atoms with E-state index in [4.69, 9.17) is 9.47 Å². The van der Waals surface area contributed by atoms with Crippen LogP contribution in [0.3, 0.4) is 0 Å². The number of carbonyl (C=O) groups excluding carboxylic acids is 2. The van der Waals surface area contributed by atoms with E-state index in [1.54, 1.807) is 19.4 Å². The highest BCUT2D eigenvalue weighted by Crippen LogP contribution is 2.28. The van der Waals surface area contributed by atoms with E-state index in [0.717, 1.165) is 62.5 Å². The molecular formula is C25H29N5O4S. The summed E-state index contributed by atoms with van der Waals surface area (Å²) in [6.45, 7) is 2.93. The number of methoxy groups -OCH3 is 1. The zero-order valence-electron chi connectivity index (χ0n) is 19.7. The van der Waals surface area contributed by atoms with Crippen LogP contribution in [0.25, 0.3) is 11.4 Å². The molecule has 35 heavy (non-hydrogen) atoms. The number of amides is 1. The van der Waals surface area contributed by atoms with Crippen molar-refractivity contribution in [2.75, 3.05) is 32.6 Å². The molecule has 1 N–H and O–H groups in total. The predicted octanol–water partition coefficient (Wildman–Crippen LogP) is 3.67. The van der Waals surface area contributed by atoms with E-state index in [1.165, 1.54) is 11.8 Å². The Morgan fingerprint density at radius 3 is 2.69 bits per heavy atom. The number of aromatic amines is 1. The van der Waals surface area contributed by atoms with Gasteiger partial charge in [0.25, 0.3) is 5.91 Å². The zero-order chi connectivity index (χ0) is 24.2. The molecule has 1 atom stereocenters. The molecule has 1 aromatic carbocycles. The Morgan fingerprint density at radius 2 is 1.97 bits per heavy atom.